The van der Waals surface area contributed by atoms with Crippen LogP contribution in [0.25, 0.3) is 10.8 Å². The number of halogens is 1. The van der Waals surface area contributed by atoms with Crippen LogP contribution in [0.3, 0.4) is 0 Å². The van der Waals surface area contributed by atoms with Crippen LogP contribution >= 0.6 is 20.1 Å². The lowest BCUT2D eigenvalue weighted by Gasteiger charge is -2.45. The molecule has 1 heterocycles. The molecule has 1 atom stereocenters. The van der Waals surface area contributed by atoms with Gasteiger partial charge in [0.1, 0.15) is 0 Å². The van der Waals surface area contributed by atoms with E-state index in [4.69, 9.17) is 10.7 Å². The van der Waals surface area contributed by atoms with Gasteiger partial charge in [-0.2, -0.15) is 0 Å². The molecule has 0 spiro atoms. The molecule has 0 radical (unpaired) electrons. The average Bonchev–Trinajstić information content (AvgIpc) is 2.58. The number of amides is 1. The summed E-state index contributed by atoms with van der Waals surface area (Å²) in [5.41, 5.74) is 0.732. The Morgan fingerprint density at radius 3 is 2.32 bits per heavy atom. The van der Waals surface area contributed by atoms with E-state index >= 15 is 0 Å². The third-order valence-corrected chi connectivity index (χ3v) is 8.50. The molecule has 2 nitrogen and oxygen atoms in total. The summed E-state index contributed by atoms with van der Waals surface area (Å²) in [6.07, 6.45) is 0. The van der Waals surface area contributed by atoms with E-state index in [0.29, 0.717) is 0 Å². The van der Waals surface area contributed by atoms with Crippen molar-refractivity contribution in [1.82, 2.24) is 4.31 Å². The highest BCUT2D eigenvalue weighted by Gasteiger charge is 2.40. The van der Waals surface area contributed by atoms with Gasteiger partial charge in [0.05, 0.1) is 0 Å². The molecule has 0 bridgehead atoms. The molecule has 0 fully saturated rings. The van der Waals surface area contributed by atoms with Crippen molar-refractivity contribution in [3.8, 4) is 0 Å². The maximum atomic E-state index is 12.9. The number of carbonyl (C=O) groups is 1. The second-order valence-corrected chi connectivity index (χ2v) is 9.10. The zero-order valence-corrected chi connectivity index (χ0v) is 13.6. The summed E-state index contributed by atoms with van der Waals surface area (Å²) in [6, 6.07) is 21.8. The van der Waals surface area contributed by atoms with E-state index in [0.717, 1.165) is 26.1 Å². The highest BCUT2D eigenvalue weighted by molar-refractivity contribution is 8.50. The number of rotatable bonds is 1. The number of hydrogen-bond donors (Lipinski definition) is 0. The summed E-state index contributed by atoms with van der Waals surface area (Å²) in [7, 11) is 6.87. The third-order valence-electron chi connectivity index (χ3n) is 4.11. The zero-order valence-electron chi connectivity index (χ0n) is 12.0. The van der Waals surface area contributed by atoms with Crippen molar-refractivity contribution in [1.29, 1.82) is 0 Å². The van der Waals surface area contributed by atoms with Crippen molar-refractivity contribution >= 4 is 36.8 Å². The Hall–Kier alpha value is -1.97. The molecule has 3 aromatic carbocycles. The van der Waals surface area contributed by atoms with Crippen molar-refractivity contribution in [2.24, 2.45) is 0 Å². The molecule has 3 aromatic rings. The van der Waals surface area contributed by atoms with Crippen LogP contribution in [0.15, 0.2) is 76.5 Å². The largest absolute Gasteiger partial charge is 0.284 e. The topological polar surface area (TPSA) is 20.3 Å². The van der Waals surface area contributed by atoms with Crippen LogP contribution in [0.1, 0.15) is 10.4 Å². The van der Waals surface area contributed by atoms with E-state index < -0.39 is 9.43 Å². The molecule has 1 unspecified atom stereocenters. The van der Waals surface area contributed by atoms with Crippen LogP contribution in [0.4, 0.5) is 0 Å². The van der Waals surface area contributed by atoms with Crippen molar-refractivity contribution in [2.45, 2.75) is 9.79 Å². The fourth-order valence-corrected chi connectivity index (χ4v) is 6.38. The van der Waals surface area contributed by atoms with E-state index in [1.807, 2.05) is 66.7 Å². The minimum atomic E-state index is -2.06. The number of nitrogens with zero attached hydrogens (tertiary/aromatic N) is 1. The summed E-state index contributed by atoms with van der Waals surface area (Å²) >= 11 is 0. The van der Waals surface area contributed by atoms with Crippen LogP contribution in [0, 0.1) is 0 Å². The molecule has 1 amide bonds. The maximum Gasteiger partial charge on any atom is 0.264 e. The molecule has 1 aliphatic rings. The van der Waals surface area contributed by atoms with Gasteiger partial charge in [0.2, 0.25) is 0 Å². The predicted molar refractivity (Wildman–Crippen MR) is 92.5 cm³/mol. The summed E-state index contributed by atoms with van der Waals surface area (Å²) in [4.78, 5) is 14.9. The molecule has 0 saturated heterocycles. The zero-order chi connectivity index (χ0) is 15.3. The first-order valence-corrected chi connectivity index (χ1v) is 9.43. The second kappa shape index (κ2) is 4.77. The molecule has 22 heavy (non-hydrogen) atoms. The quantitative estimate of drug-likeness (QED) is 0.600. The fourth-order valence-electron chi connectivity index (χ4n) is 3.03. The molecule has 0 N–H and O–H groups in total. The number of benzene rings is 3. The maximum absolute atomic E-state index is 12.9. The van der Waals surface area contributed by atoms with Crippen molar-refractivity contribution in [3.05, 3.63) is 72.3 Å². The molecule has 110 valence electrons. The van der Waals surface area contributed by atoms with Gasteiger partial charge in [0.25, 0.3) is 5.91 Å². The number of carbonyl (C=O) groups excluding carboxylic acids is 1. The average molecular weight is 328 g/mol. The highest BCUT2D eigenvalue weighted by Crippen LogP contribution is 2.71. The van der Waals surface area contributed by atoms with Crippen LogP contribution in [-0.2, 0) is 0 Å². The van der Waals surface area contributed by atoms with Crippen LogP contribution in [0.5, 0.6) is 0 Å². The Balaban J connectivity index is 2.14. The smallest absolute Gasteiger partial charge is 0.264 e. The molecule has 1 aliphatic heterocycles. The lowest BCUT2D eigenvalue weighted by atomic mass is 10.0. The van der Waals surface area contributed by atoms with Crippen molar-refractivity contribution < 1.29 is 4.79 Å². The van der Waals surface area contributed by atoms with E-state index in [1.165, 1.54) is 0 Å². The van der Waals surface area contributed by atoms with Gasteiger partial charge < -0.3 is 0 Å². The number of hydrogen-bond acceptors (Lipinski definition) is 1. The SMILES string of the molecule is CN1C(=O)c2cccc3cccc(c23)S1(Cl)c1ccccc1. The van der Waals surface area contributed by atoms with Gasteiger partial charge in [-0.15, -0.1) is 0 Å². The van der Waals surface area contributed by atoms with Gasteiger partial charge in [-0.05, 0) is 49.8 Å². The molecule has 0 aromatic heterocycles. The van der Waals surface area contributed by atoms with Crippen molar-refractivity contribution in [3.63, 3.8) is 0 Å². The summed E-state index contributed by atoms with van der Waals surface area (Å²) in [6.45, 7) is 0. The Morgan fingerprint density at radius 1 is 0.909 bits per heavy atom. The van der Waals surface area contributed by atoms with Gasteiger partial charge >= 0.3 is 0 Å². The predicted octanol–water partition coefficient (Wildman–Crippen LogP) is 5.22. The van der Waals surface area contributed by atoms with Crippen LogP contribution < -0.4 is 0 Å². The summed E-state index contributed by atoms with van der Waals surface area (Å²) in [5.74, 6) is -0.0156. The summed E-state index contributed by atoms with van der Waals surface area (Å²) < 4.78 is 1.71. The van der Waals surface area contributed by atoms with Gasteiger partial charge in [-0.3, -0.25) is 9.10 Å². The first-order chi connectivity index (χ1) is 10.6. The Kier molecular flexibility index (Phi) is 2.96. The molecule has 4 rings (SSSR count). The Labute approximate surface area is 135 Å². The molecule has 0 aliphatic carbocycles. The van der Waals surface area contributed by atoms with Gasteiger partial charge in [-0.25, -0.2) is 0 Å². The van der Waals surface area contributed by atoms with Gasteiger partial charge in [-0.1, -0.05) is 42.5 Å². The summed E-state index contributed by atoms with van der Waals surface area (Å²) in [5, 5.41) is 2.05. The van der Waals surface area contributed by atoms with Gasteiger partial charge in [0, 0.05) is 27.8 Å². The minimum absolute atomic E-state index is 0.0156. The third kappa shape index (κ3) is 1.67. The van der Waals surface area contributed by atoms with E-state index in [-0.39, 0.29) is 5.91 Å². The molecular weight excluding hydrogens is 314 g/mol. The second-order valence-electron chi connectivity index (χ2n) is 5.28. The lowest BCUT2D eigenvalue weighted by Crippen LogP contribution is -2.31. The Morgan fingerprint density at radius 2 is 1.59 bits per heavy atom. The van der Waals surface area contributed by atoms with E-state index in [1.54, 1.807) is 11.4 Å². The normalized spacial score (nSPS) is 23.4. The first kappa shape index (κ1) is 13.7. The monoisotopic (exact) mass is 327 g/mol. The van der Waals surface area contributed by atoms with Gasteiger partial charge in [0.15, 0.2) is 0 Å². The van der Waals surface area contributed by atoms with Crippen LogP contribution in [-0.4, -0.2) is 17.3 Å². The van der Waals surface area contributed by atoms with E-state index in [2.05, 4.69) is 0 Å². The highest BCUT2D eigenvalue weighted by atomic mass is 35.7. The Bertz CT molecular complexity index is 891. The minimum Gasteiger partial charge on any atom is -0.284 e. The fraction of sp³-hybridized carbons (Fsp3) is 0.0556. The lowest BCUT2D eigenvalue weighted by molar-refractivity contribution is 0.0888. The first-order valence-electron chi connectivity index (χ1n) is 7.02. The molecule has 0 saturated carbocycles. The standard InChI is InChI=1S/C18H14ClNOS/c1-20-18(21)15-11-5-7-13-8-6-12-16(17(13)15)22(20,19)14-9-3-2-4-10-14/h2-12H,1H3. The van der Waals surface area contributed by atoms with Crippen molar-refractivity contribution in [2.75, 3.05) is 7.05 Å². The van der Waals surface area contributed by atoms with E-state index in [9.17, 15) is 4.79 Å². The molecular formula is C18H14ClNOS. The van der Waals surface area contributed by atoms with Crippen LogP contribution in [0.2, 0.25) is 0 Å². The molecule has 4 heteroatoms.